The molecule has 0 heterocycles. The number of para-hydroxylation sites is 2. The standard InChI is InChI=1S/C19H18O4/c20-16-11-5-7-13-18(16)23-19(21)15-10-4-6-12-17(15)22-14-8-2-1-3-9-14/h1-4,6,8-10,12,18H,5,7,11,13H2/t18-/m0/s1. The minimum absolute atomic E-state index is 0.00561. The molecule has 0 unspecified atom stereocenters. The Morgan fingerprint density at radius 3 is 2.48 bits per heavy atom. The van der Waals surface area contributed by atoms with E-state index in [1.807, 2.05) is 30.3 Å². The highest BCUT2D eigenvalue weighted by Crippen LogP contribution is 2.27. The van der Waals surface area contributed by atoms with E-state index in [2.05, 4.69) is 0 Å². The zero-order valence-corrected chi connectivity index (χ0v) is 12.7. The second-order valence-corrected chi connectivity index (χ2v) is 5.52. The van der Waals surface area contributed by atoms with E-state index in [1.54, 1.807) is 24.3 Å². The molecule has 0 radical (unpaired) electrons. The van der Waals surface area contributed by atoms with Gasteiger partial charge in [-0.25, -0.2) is 4.79 Å². The molecular weight excluding hydrogens is 292 g/mol. The van der Waals surface area contributed by atoms with E-state index in [9.17, 15) is 9.59 Å². The summed E-state index contributed by atoms with van der Waals surface area (Å²) in [6.07, 6.45) is 2.25. The number of benzene rings is 2. The minimum atomic E-state index is -0.624. The van der Waals surface area contributed by atoms with Crippen molar-refractivity contribution in [3.05, 3.63) is 60.2 Å². The lowest BCUT2D eigenvalue weighted by molar-refractivity contribution is -0.129. The molecule has 0 saturated heterocycles. The molecule has 2 aromatic rings. The Kier molecular flexibility index (Phi) is 4.71. The van der Waals surface area contributed by atoms with Gasteiger partial charge in [0.2, 0.25) is 0 Å². The summed E-state index contributed by atoms with van der Waals surface area (Å²) in [7, 11) is 0. The van der Waals surface area contributed by atoms with Crippen molar-refractivity contribution in [1.82, 2.24) is 0 Å². The van der Waals surface area contributed by atoms with Crippen molar-refractivity contribution in [2.75, 3.05) is 0 Å². The summed E-state index contributed by atoms with van der Waals surface area (Å²) in [5.74, 6) is 0.552. The predicted octanol–water partition coefficient (Wildman–Crippen LogP) is 4.15. The first-order chi connectivity index (χ1) is 11.2. The molecule has 0 bridgehead atoms. The average Bonchev–Trinajstić information content (AvgIpc) is 2.58. The maximum atomic E-state index is 12.4. The van der Waals surface area contributed by atoms with Gasteiger partial charge in [-0.05, 0) is 43.5 Å². The van der Waals surface area contributed by atoms with E-state index in [1.165, 1.54) is 0 Å². The summed E-state index contributed by atoms with van der Waals surface area (Å²) in [5.41, 5.74) is 0.328. The smallest absolute Gasteiger partial charge is 0.342 e. The number of esters is 1. The average molecular weight is 310 g/mol. The number of ether oxygens (including phenoxy) is 2. The SMILES string of the molecule is O=C(O[C@H]1CCCCC1=O)c1ccccc1Oc1ccccc1. The Hall–Kier alpha value is -2.62. The molecule has 2 aromatic carbocycles. The molecule has 0 amide bonds. The molecule has 4 heteroatoms. The summed E-state index contributed by atoms with van der Waals surface area (Å²) in [6, 6.07) is 16.1. The molecule has 1 fully saturated rings. The Morgan fingerprint density at radius 1 is 0.957 bits per heavy atom. The monoisotopic (exact) mass is 310 g/mol. The Morgan fingerprint density at radius 2 is 1.70 bits per heavy atom. The van der Waals surface area contributed by atoms with Crippen LogP contribution >= 0.6 is 0 Å². The number of carbonyl (C=O) groups is 2. The molecule has 1 aliphatic carbocycles. The third-order valence-electron chi connectivity index (χ3n) is 3.83. The molecular formula is C19H18O4. The second kappa shape index (κ2) is 7.09. The largest absolute Gasteiger partial charge is 0.456 e. The van der Waals surface area contributed by atoms with Crippen molar-refractivity contribution in [2.45, 2.75) is 31.8 Å². The Bertz CT molecular complexity index is 694. The van der Waals surface area contributed by atoms with E-state index in [-0.39, 0.29) is 5.78 Å². The summed E-state index contributed by atoms with van der Waals surface area (Å²) >= 11 is 0. The first kappa shape index (κ1) is 15.3. The number of Topliss-reactive ketones (excluding diaryl/α,β-unsaturated/α-hetero) is 1. The van der Waals surface area contributed by atoms with Crippen LogP contribution in [0, 0.1) is 0 Å². The number of hydrogen-bond donors (Lipinski definition) is 0. The lowest BCUT2D eigenvalue weighted by Crippen LogP contribution is -2.30. The van der Waals surface area contributed by atoms with Gasteiger partial charge < -0.3 is 9.47 Å². The Labute approximate surface area is 135 Å². The topological polar surface area (TPSA) is 52.6 Å². The van der Waals surface area contributed by atoms with Crippen LogP contribution in [-0.4, -0.2) is 17.9 Å². The summed E-state index contributed by atoms with van der Waals surface area (Å²) < 4.78 is 11.2. The van der Waals surface area contributed by atoms with Gasteiger partial charge in [0.15, 0.2) is 11.9 Å². The van der Waals surface area contributed by atoms with E-state index in [0.29, 0.717) is 29.9 Å². The number of hydrogen-bond acceptors (Lipinski definition) is 4. The van der Waals surface area contributed by atoms with Gasteiger partial charge in [0, 0.05) is 6.42 Å². The van der Waals surface area contributed by atoms with Crippen LogP contribution in [0.1, 0.15) is 36.0 Å². The highest BCUT2D eigenvalue weighted by atomic mass is 16.5. The van der Waals surface area contributed by atoms with E-state index in [4.69, 9.17) is 9.47 Å². The fraction of sp³-hybridized carbons (Fsp3) is 0.263. The van der Waals surface area contributed by atoms with Crippen molar-refractivity contribution in [3.63, 3.8) is 0 Å². The van der Waals surface area contributed by atoms with Crippen LogP contribution in [0.15, 0.2) is 54.6 Å². The molecule has 0 aliphatic heterocycles. The maximum absolute atomic E-state index is 12.4. The second-order valence-electron chi connectivity index (χ2n) is 5.52. The first-order valence-corrected chi connectivity index (χ1v) is 7.79. The van der Waals surface area contributed by atoms with Crippen LogP contribution in [0.2, 0.25) is 0 Å². The van der Waals surface area contributed by atoms with Crippen LogP contribution < -0.4 is 4.74 Å². The normalized spacial score (nSPS) is 17.6. The molecule has 1 aliphatic rings. The van der Waals surface area contributed by atoms with Crippen molar-refractivity contribution in [1.29, 1.82) is 0 Å². The third-order valence-corrected chi connectivity index (χ3v) is 3.83. The van der Waals surface area contributed by atoms with Gasteiger partial charge in [0.1, 0.15) is 17.1 Å². The quantitative estimate of drug-likeness (QED) is 0.796. The maximum Gasteiger partial charge on any atom is 0.342 e. The summed E-state index contributed by atoms with van der Waals surface area (Å²) in [4.78, 5) is 24.2. The zero-order chi connectivity index (χ0) is 16.1. The molecule has 4 nitrogen and oxygen atoms in total. The van der Waals surface area contributed by atoms with Gasteiger partial charge in [0.25, 0.3) is 0 Å². The predicted molar refractivity (Wildman–Crippen MR) is 85.6 cm³/mol. The first-order valence-electron chi connectivity index (χ1n) is 7.79. The van der Waals surface area contributed by atoms with Crippen LogP contribution in [0.3, 0.4) is 0 Å². The van der Waals surface area contributed by atoms with Crippen molar-refractivity contribution in [2.24, 2.45) is 0 Å². The van der Waals surface area contributed by atoms with Gasteiger partial charge >= 0.3 is 5.97 Å². The van der Waals surface area contributed by atoms with Crippen molar-refractivity contribution < 1.29 is 19.1 Å². The van der Waals surface area contributed by atoms with Crippen LogP contribution in [-0.2, 0) is 9.53 Å². The summed E-state index contributed by atoms with van der Waals surface area (Å²) in [6.45, 7) is 0. The molecule has 3 rings (SSSR count). The third kappa shape index (κ3) is 3.77. The molecule has 0 spiro atoms. The highest BCUT2D eigenvalue weighted by Gasteiger charge is 2.27. The molecule has 118 valence electrons. The molecule has 1 saturated carbocycles. The van der Waals surface area contributed by atoms with E-state index >= 15 is 0 Å². The van der Waals surface area contributed by atoms with Gasteiger partial charge in [0.05, 0.1) is 0 Å². The van der Waals surface area contributed by atoms with Gasteiger partial charge in [-0.15, -0.1) is 0 Å². The highest BCUT2D eigenvalue weighted by molar-refractivity contribution is 5.95. The lowest BCUT2D eigenvalue weighted by Gasteiger charge is -2.21. The van der Waals surface area contributed by atoms with Crippen LogP contribution in [0.25, 0.3) is 0 Å². The number of ketones is 1. The fourth-order valence-corrected chi connectivity index (χ4v) is 2.61. The van der Waals surface area contributed by atoms with Crippen molar-refractivity contribution in [3.8, 4) is 11.5 Å². The van der Waals surface area contributed by atoms with Gasteiger partial charge in [-0.3, -0.25) is 4.79 Å². The fourth-order valence-electron chi connectivity index (χ4n) is 2.61. The lowest BCUT2D eigenvalue weighted by atomic mass is 9.96. The van der Waals surface area contributed by atoms with E-state index in [0.717, 1.165) is 12.8 Å². The van der Waals surface area contributed by atoms with Crippen LogP contribution in [0.4, 0.5) is 0 Å². The number of rotatable bonds is 4. The Balaban J connectivity index is 1.76. The summed E-state index contributed by atoms with van der Waals surface area (Å²) in [5, 5.41) is 0. The van der Waals surface area contributed by atoms with Gasteiger partial charge in [-0.2, -0.15) is 0 Å². The van der Waals surface area contributed by atoms with E-state index < -0.39 is 12.1 Å². The number of carbonyl (C=O) groups excluding carboxylic acids is 2. The minimum Gasteiger partial charge on any atom is -0.456 e. The zero-order valence-electron chi connectivity index (χ0n) is 12.7. The molecule has 0 aromatic heterocycles. The molecule has 0 N–H and O–H groups in total. The van der Waals surface area contributed by atoms with Crippen LogP contribution in [0.5, 0.6) is 11.5 Å². The van der Waals surface area contributed by atoms with Gasteiger partial charge in [-0.1, -0.05) is 30.3 Å². The molecule has 1 atom stereocenters. The van der Waals surface area contributed by atoms with Crippen molar-refractivity contribution >= 4 is 11.8 Å². The molecule has 23 heavy (non-hydrogen) atoms.